The van der Waals surface area contributed by atoms with Gasteiger partial charge in [0.05, 0.1) is 23.7 Å². The molecule has 7 nitrogen and oxygen atoms in total. The van der Waals surface area contributed by atoms with E-state index in [0.29, 0.717) is 33.8 Å². The Morgan fingerprint density at radius 3 is 2.42 bits per heavy atom. The summed E-state index contributed by atoms with van der Waals surface area (Å²) in [5.74, 6) is -0.619. The van der Waals surface area contributed by atoms with E-state index in [4.69, 9.17) is 21.1 Å². The number of ether oxygens (including phenoxy) is 2. The molecule has 4 aromatic rings. The summed E-state index contributed by atoms with van der Waals surface area (Å²) in [6.45, 7) is 0.296. The highest BCUT2D eigenvalue weighted by Gasteiger charge is 2.56. The standard InChI is InChI=1S/C28H21ClN2O5S2/c1-35-18-12-10-17(11-13-18)31-26(32)22-21(23-25(30-28(34)38-23)37-24(22)27(31)33)19-4-2-3-5-20(19)36-14-15-6-8-16(29)9-7-15/h2-13,21-22,24H,14H2,1H3,(H,30,34)/t21-,22-,24+/m0/s1. The fourth-order valence-corrected chi connectivity index (χ4v) is 7.58. The summed E-state index contributed by atoms with van der Waals surface area (Å²) in [5, 5.41) is 0.578. The minimum atomic E-state index is -0.700. The molecule has 6 rings (SSSR count). The van der Waals surface area contributed by atoms with Gasteiger partial charge in [-0.1, -0.05) is 65.0 Å². The van der Waals surface area contributed by atoms with Crippen molar-refractivity contribution in [3.63, 3.8) is 0 Å². The van der Waals surface area contributed by atoms with Crippen LogP contribution in [0.3, 0.4) is 0 Å². The number of thiazole rings is 1. The molecule has 1 fully saturated rings. The number of nitrogens with one attached hydrogen (secondary N) is 1. The van der Waals surface area contributed by atoms with E-state index in [1.165, 1.54) is 16.7 Å². The van der Waals surface area contributed by atoms with Gasteiger partial charge in [-0.15, -0.1) is 0 Å². The third-order valence-electron chi connectivity index (χ3n) is 6.72. The van der Waals surface area contributed by atoms with Crippen molar-refractivity contribution in [2.24, 2.45) is 5.92 Å². The second kappa shape index (κ2) is 9.98. The van der Waals surface area contributed by atoms with Gasteiger partial charge in [0.15, 0.2) is 0 Å². The van der Waals surface area contributed by atoms with E-state index in [-0.39, 0.29) is 16.7 Å². The molecule has 192 valence electrons. The van der Waals surface area contributed by atoms with Crippen LogP contribution < -0.4 is 19.2 Å². The molecule has 3 atom stereocenters. The Labute approximate surface area is 231 Å². The molecule has 3 aromatic carbocycles. The zero-order valence-electron chi connectivity index (χ0n) is 20.1. The van der Waals surface area contributed by atoms with Gasteiger partial charge in [-0.25, -0.2) is 4.90 Å². The summed E-state index contributed by atoms with van der Waals surface area (Å²) in [6.07, 6.45) is 0. The Morgan fingerprint density at radius 2 is 1.68 bits per heavy atom. The van der Waals surface area contributed by atoms with Crippen LogP contribution in [-0.4, -0.2) is 29.2 Å². The monoisotopic (exact) mass is 564 g/mol. The number of imide groups is 1. The van der Waals surface area contributed by atoms with Crippen molar-refractivity contribution in [2.45, 2.75) is 22.8 Å². The number of thioether (sulfide) groups is 1. The Hall–Kier alpha value is -3.53. The van der Waals surface area contributed by atoms with Gasteiger partial charge >= 0.3 is 4.87 Å². The predicted octanol–water partition coefficient (Wildman–Crippen LogP) is 5.47. The number of amides is 2. The van der Waals surface area contributed by atoms with Crippen molar-refractivity contribution >= 4 is 52.2 Å². The number of carbonyl (C=O) groups is 2. The zero-order chi connectivity index (χ0) is 26.4. The Kier molecular flexibility index (Phi) is 6.51. The normalized spacial score (nSPS) is 20.3. The summed E-state index contributed by atoms with van der Waals surface area (Å²) >= 11 is 8.33. The SMILES string of the molecule is COc1ccc(N2C(=O)[C@H]3[C@H](c4ccccc4OCc4ccc(Cl)cc4)c4sc(=O)[nH]c4S[C@H]3C2=O)cc1. The van der Waals surface area contributed by atoms with E-state index >= 15 is 0 Å². The van der Waals surface area contributed by atoms with Crippen molar-refractivity contribution in [1.29, 1.82) is 0 Å². The minimum absolute atomic E-state index is 0.223. The van der Waals surface area contributed by atoms with Gasteiger partial charge in [0.1, 0.15) is 23.4 Å². The first-order valence-electron chi connectivity index (χ1n) is 11.8. The zero-order valence-corrected chi connectivity index (χ0v) is 22.4. The number of nitrogens with zero attached hydrogens (tertiary/aromatic N) is 1. The lowest BCUT2D eigenvalue weighted by Gasteiger charge is -2.30. The number of anilines is 1. The molecule has 0 bridgehead atoms. The van der Waals surface area contributed by atoms with Gasteiger partial charge in [0.2, 0.25) is 11.8 Å². The number of methoxy groups -OCH3 is 1. The number of para-hydroxylation sites is 1. The number of benzene rings is 3. The lowest BCUT2D eigenvalue weighted by Crippen LogP contribution is -2.32. The molecule has 0 aliphatic carbocycles. The maximum absolute atomic E-state index is 14.0. The Balaban J connectivity index is 1.40. The van der Waals surface area contributed by atoms with Gasteiger partial charge in [0.25, 0.3) is 0 Å². The average molecular weight is 565 g/mol. The summed E-state index contributed by atoms with van der Waals surface area (Å²) in [5.41, 5.74) is 2.18. The fourth-order valence-electron chi connectivity index (χ4n) is 4.95. The van der Waals surface area contributed by atoms with Crippen LogP contribution in [0.5, 0.6) is 11.5 Å². The van der Waals surface area contributed by atoms with Crippen LogP contribution in [-0.2, 0) is 16.2 Å². The van der Waals surface area contributed by atoms with E-state index in [9.17, 15) is 14.4 Å². The number of halogens is 1. The summed E-state index contributed by atoms with van der Waals surface area (Å²) < 4.78 is 11.5. The van der Waals surface area contributed by atoms with E-state index in [1.54, 1.807) is 43.5 Å². The molecule has 2 amide bonds. The molecule has 2 aliphatic heterocycles. The highest BCUT2D eigenvalue weighted by Crippen LogP contribution is 2.54. The lowest BCUT2D eigenvalue weighted by molar-refractivity contribution is -0.122. The summed E-state index contributed by atoms with van der Waals surface area (Å²) in [7, 11) is 1.56. The van der Waals surface area contributed by atoms with Gasteiger partial charge in [-0.2, -0.15) is 0 Å². The van der Waals surface area contributed by atoms with Crippen LogP contribution in [0.4, 0.5) is 5.69 Å². The van der Waals surface area contributed by atoms with Crippen LogP contribution in [0.25, 0.3) is 0 Å². The maximum Gasteiger partial charge on any atom is 0.305 e. The minimum Gasteiger partial charge on any atom is -0.497 e. The molecule has 0 unspecified atom stereocenters. The average Bonchev–Trinajstić information content (AvgIpc) is 3.43. The van der Waals surface area contributed by atoms with E-state index in [2.05, 4.69) is 4.98 Å². The van der Waals surface area contributed by atoms with Crippen LogP contribution >= 0.6 is 34.7 Å². The van der Waals surface area contributed by atoms with Crippen molar-refractivity contribution in [3.8, 4) is 11.5 Å². The van der Waals surface area contributed by atoms with Crippen LogP contribution in [0.2, 0.25) is 5.02 Å². The molecule has 1 N–H and O–H groups in total. The first-order chi connectivity index (χ1) is 18.4. The Morgan fingerprint density at radius 1 is 0.947 bits per heavy atom. The second-order valence-corrected chi connectivity index (χ2v) is 11.5. The van der Waals surface area contributed by atoms with Crippen molar-refractivity contribution in [1.82, 2.24) is 4.98 Å². The largest absolute Gasteiger partial charge is 0.497 e. The van der Waals surface area contributed by atoms with Crippen LogP contribution in [0.15, 0.2) is 82.6 Å². The number of aromatic amines is 1. The number of fused-ring (bicyclic) bond motifs is 2. The van der Waals surface area contributed by atoms with Gasteiger partial charge < -0.3 is 14.5 Å². The summed E-state index contributed by atoms with van der Waals surface area (Å²) in [6, 6.07) is 21.7. The topological polar surface area (TPSA) is 88.7 Å². The van der Waals surface area contributed by atoms with Crippen molar-refractivity contribution in [2.75, 3.05) is 12.0 Å². The fraction of sp³-hybridized carbons (Fsp3) is 0.179. The second-order valence-electron chi connectivity index (χ2n) is 8.91. The first-order valence-corrected chi connectivity index (χ1v) is 13.9. The van der Waals surface area contributed by atoms with Crippen LogP contribution in [0, 0.1) is 5.92 Å². The summed E-state index contributed by atoms with van der Waals surface area (Å²) in [4.78, 5) is 44.6. The molecule has 2 aliphatic rings. The number of carbonyl (C=O) groups excluding carboxylic acids is 2. The van der Waals surface area contributed by atoms with E-state index in [0.717, 1.165) is 27.3 Å². The van der Waals surface area contributed by atoms with Crippen LogP contribution in [0.1, 0.15) is 21.9 Å². The molecule has 1 aromatic heterocycles. The quantitative estimate of drug-likeness (QED) is 0.312. The van der Waals surface area contributed by atoms with Gasteiger partial charge in [-0.3, -0.25) is 14.4 Å². The number of hydrogen-bond acceptors (Lipinski definition) is 7. The molecule has 0 saturated carbocycles. The first kappa shape index (κ1) is 24.8. The third kappa shape index (κ3) is 4.30. The molecule has 10 heteroatoms. The predicted molar refractivity (Wildman–Crippen MR) is 148 cm³/mol. The van der Waals surface area contributed by atoms with Crippen molar-refractivity contribution < 1.29 is 19.1 Å². The van der Waals surface area contributed by atoms with Crippen molar-refractivity contribution in [3.05, 3.63) is 103 Å². The highest BCUT2D eigenvalue weighted by molar-refractivity contribution is 8.00. The molecule has 1 saturated heterocycles. The molecule has 38 heavy (non-hydrogen) atoms. The van der Waals surface area contributed by atoms with E-state index < -0.39 is 17.1 Å². The smallest absolute Gasteiger partial charge is 0.305 e. The Bertz CT molecular complexity index is 1580. The molecule has 0 spiro atoms. The molecular weight excluding hydrogens is 544 g/mol. The highest BCUT2D eigenvalue weighted by atomic mass is 35.5. The third-order valence-corrected chi connectivity index (χ3v) is 9.37. The van der Waals surface area contributed by atoms with Gasteiger partial charge in [-0.05, 0) is 48.0 Å². The molecule has 0 radical (unpaired) electrons. The maximum atomic E-state index is 14.0. The number of H-pyrrole nitrogens is 1. The molecule has 3 heterocycles. The van der Waals surface area contributed by atoms with E-state index in [1.807, 2.05) is 36.4 Å². The number of hydrogen-bond donors (Lipinski definition) is 1. The van der Waals surface area contributed by atoms with Gasteiger partial charge in [0, 0.05) is 21.4 Å². The number of aromatic nitrogens is 1. The lowest BCUT2D eigenvalue weighted by atomic mass is 9.82. The molecular formula is C28H21ClN2O5S2. The number of rotatable bonds is 6.